The predicted octanol–water partition coefficient (Wildman–Crippen LogP) is 5.03. The molecule has 2 unspecified atom stereocenters. The van der Waals surface area contributed by atoms with Crippen LogP contribution in [0.3, 0.4) is 0 Å². The standard InChI is InChI=1S/C29H38F4N4O/c1-20(17-30)36(2)15-13-28(27(34)38,16-22-6-3-4-8-25(22)29(31,32)33)35-26-9-5-7-23-19-37(14-12-24(23)26)18-21-10-11-21/h3-9,20-21,35H,10-19H2,1-2H3,(H2,34,38). The minimum absolute atomic E-state index is 0.00657. The van der Waals surface area contributed by atoms with Gasteiger partial charge in [0.2, 0.25) is 5.91 Å². The molecule has 1 heterocycles. The van der Waals surface area contributed by atoms with Gasteiger partial charge >= 0.3 is 6.18 Å². The number of alkyl halides is 4. The fraction of sp³-hybridized carbons (Fsp3) is 0.552. The number of anilines is 1. The van der Waals surface area contributed by atoms with E-state index >= 15 is 0 Å². The monoisotopic (exact) mass is 534 g/mol. The van der Waals surface area contributed by atoms with Gasteiger partial charge < -0.3 is 16.0 Å². The minimum Gasteiger partial charge on any atom is -0.371 e. The molecule has 2 aromatic rings. The topological polar surface area (TPSA) is 61.6 Å². The Morgan fingerprint density at radius 3 is 2.58 bits per heavy atom. The van der Waals surface area contributed by atoms with Crippen LogP contribution in [0.25, 0.3) is 0 Å². The molecule has 9 heteroatoms. The van der Waals surface area contributed by atoms with E-state index in [9.17, 15) is 22.4 Å². The summed E-state index contributed by atoms with van der Waals surface area (Å²) in [5.74, 6) is 0.0392. The average Bonchev–Trinajstić information content (AvgIpc) is 3.70. The summed E-state index contributed by atoms with van der Waals surface area (Å²) in [6.07, 6.45) is -1.36. The van der Waals surface area contributed by atoms with Crippen LogP contribution in [0.15, 0.2) is 42.5 Å². The third-order valence-corrected chi connectivity index (χ3v) is 8.09. The molecule has 2 aromatic carbocycles. The molecule has 38 heavy (non-hydrogen) atoms. The molecule has 1 aliphatic heterocycles. The fourth-order valence-corrected chi connectivity index (χ4v) is 5.31. The van der Waals surface area contributed by atoms with E-state index in [1.807, 2.05) is 12.1 Å². The summed E-state index contributed by atoms with van der Waals surface area (Å²) in [6.45, 7) is 4.19. The third-order valence-electron chi connectivity index (χ3n) is 8.09. The average molecular weight is 535 g/mol. The maximum Gasteiger partial charge on any atom is 0.416 e. The largest absolute Gasteiger partial charge is 0.416 e. The van der Waals surface area contributed by atoms with Crippen molar-refractivity contribution >= 4 is 11.6 Å². The first-order chi connectivity index (χ1) is 18.0. The summed E-state index contributed by atoms with van der Waals surface area (Å²) in [5, 5.41) is 3.35. The summed E-state index contributed by atoms with van der Waals surface area (Å²) >= 11 is 0. The summed E-state index contributed by atoms with van der Waals surface area (Å²) in [7, 11) is 1.73. The van der Waals surface area contributed by atoms with Gasteiger partial charge in [-0.2, -0.15) is 13.2 Å². The van der Waals surface area contributed by atoms with E-state index in [1.54, 1.807) is 18.9 Å². The maximum atomic E-state index is 13.9. The molecule has 0 bridgehead atoms. The zero-order valence-electron chi connectivity index (χ0n) is 22.2. The van der Waals surface area contributed by atoms with Crippen molar-refractivity contribution in [2.45, 2.75) is 63.3 Å². The number of fused-ring (bicyclic) bond motifs is 1. The summed E-state index contributed by atoms with van der Waals surface area (Å²) in [6, 6.07) is 10.7. The van der Waals surface area contributed by atoms with Crippen LogP contribution in [-0.2, 0) is 30.4 Å². The lowest BCUT2D eigenvalue weighted by Gasteiger charge is -2.38. The van der Waals surface area contributed by atoms with E-state index in [2.05, 4.69) is 16.3 Å². The minimum atomic E-state index is -4.57. The number of carbonyl (C=O) groups is 1. The van der Waals surface area contributed by atoms with Crippen molar-refractivity contribution in [3.8, 4) is 0 Å². The van der Waals surface area contributed by atoms with Crippen LogP contribution in [0, 0.1) is 5.92 Å². The molecular weight excluding hydrogens is 496 g/mol. The van der Waals surface area contributed by atoms with Gasteiger partial charge in [-0.25, -0.2) is 4.39 Å². The van der Waals surface area contributed by atoms with Gasteiger partial charge in [-0.15, -0.1) is 0 Å². The number of benzene rings is 2. The number of hydrogen-bond acceptors (Lipinski definition) is 4. The van der Waals surface area contributed by atoms with Gasteiger partial charge in [-0.1, -0.05) is 30.3 Å². The van der Waals surface area contributed by atoms with Crippen LogP contribution in [0.4, 0.5) is 23.2 Å². The quantitative estimate of drug-likeness (QED) is 0.375. The van der Waals surface area contributed by atoms with Crippen LogP contribution < -0.4 is 11.1 Å². The number of carbonyl (C=O) groups excluding carboxylic acids is 1. The maximum absolute atomic E-state index is 13.9. The molecule has 1 fully saturated rings. The van der Waals surface area contributed by atoms with E-state index in [0.29, 0.717) is 0 Å². The summed E-state index contributed by atoms with van der Waals surface area (Å²) in [5.41, 5.74) is 6.64. The molecule has 1 saturated carbocycles. The molecule has 3 N–H and O–H groups in total. The first kappa shape index (κ1) is 28.4. The van der Waals surface area contributed by atoms with Crippen molar-refractivity contribution in [3.63, 3.8) is 0 Å². The molecule has 2 atom stereocenters. The number of hydrogen-bond donors (Lipinski definition) is 2. The number of rotatable bonds is 12. The van der Waals surface area contributed by atoms with E-state index in [-0.39, 0.29) is 24.9 Å². The van der Waals surface area contributed by atoms with Gasteiger partial charge in [0, 0.05) is 44.3 Å². The molecule has 0 aromatic heterocycles. The fourth-order valence-electron chi connectivity index (χ4n) is 5.31. The predicted molar refractivity (Wildman–Crippen MR) is 142 cm³/mol. The molecule has 1 amide bonds. The normalized spacial score (nSPS) is 18.6. The zero-order valence-corrected chi connectivity index (χ0v) is 22.2. The van der Waals surface area contributed by atoms with Crippen LogP contribution >= 0.6 is 0 Å². The summed E-state index contributed by atoms with van der Waals surface area (Å²) in [4.78, 5) is 17.4. The number of amides is 1. The second-order valence-corrected chi connectivity index (χ2v) is 11.0. The lowest BCUT2D eigenvalue weighted by molar-refractivity contribution is -0.138. The highest BCUT2D eigenvalue weighted by Crippen LogP contribution is 2.37. The highest BCUT2D eigenvalue weighted by atomic mass is 19.4. The highest BCUT2D eigenvalue weighted by Gasteiger charge is 2.41. The molecule has 0 saturated heterocycles. The van der Waals surface area contributed by atoms with Gasteiger partial charge in [-0.05, 0) is 74.4 Å². The van der Waals surface area contributed by atoms with Crippen molar-refractivity contribution in [2.24, 2.45) is 11.7 Å². The Bertz CT molecular complexity index is 1120. The SMILES string of the molecule is CC(CF)N(C)CCC(Cc1ccccc1C(F)(F)F)(Nc1cccc2c1CCN(CC1CC1)C2)C(N)=O. The van der Waals surface area contributed by atoms with Gasteiger partial charge in [0.05, 0.1) is 5.56 Å². The number of nitrogens with one attached hydrogen (secondary N) is 1. The smallest absolute Gasteiger partial charge is 0.371 e. The lowest BCUT2D eigenvalue weighted by atomic mass is 9.83. The van der Waals surface area contributed by atoms with Crippen molar-refractivity contribution < 1.29 is 22.4 Å². The Kier molecular flexibility index (Phi) is 8.67. The van der Waals surface area contributed by atoms with Crippen molar-refractivity contribution in [1.29, 1.82) is 0 Å². The van der Waals surface area contributed by atoms with E-state index in [4.69, 9.17) is 5.73 Å². The number of halogens is 4. The molecule has 208 valence electrons. The Hall–Kier alpha value is -2.65. The molecule has 0 radical (unpaired) electrons. The molecule has 5 nitrogen and oxygen atoms in total. The summed E-state index contributed by atoms with van der Waals surface area (Å²) < 4.78 is 55.0. The molecule has 1 aliphatic carbocycles. The van der Waals surface area contributed by atoms with Gasteiger partial charge in [0.15, 0.2) is 0 Å². The Balaban J connectivity index is 1.68. The third kappa shape index (κ3) is 6.67. The van der Waals surface area contributed by atoms with Crippen LogP contribution in [0.5, 0.6) is 0 Å². The Morgan fingerprint density at radius 1 is 1.18 bits per heavy atom. The van der Waals surface area contributed by atoms with Gasteiger partial charge in [-0.3, -0.25) is 9.69 Å². The van der Waals surface area contributed by atoms with Crippen molar-refractivity contribution in [1.82, 2.24) is 9.80 Å². The van der Waals surface area contributed by atoms with Crippen LogP contribution in [-0.4, -0.2) is 60.6 Å². The molecule has 4 rings (SSSR count). The molecular formula is C29H38F4N4O. The van der Waals surface area contributed by atoms with Gasteiger partial charge in [0.1, 0.15) is 12.2 Å². The lowest BCUT2D eigenvalue weighted by Crippen LogP contribution is -2.54. The van der Waals surface area contributed by atoms with Crippen molar-refractivity contribution in [2.75, 3.05) is 38.7 Å². The Labute approximate surface area is 222 Å². The number of nitrogens with two attached hydrogens (primary N) is 1. The van der Waals surface area contributed by atoms with Crippen LogP contribution in [0.1, 0.15) is 48.4 Å². The van der Waals surface area contributed by atoms with E-state index in [0.717, 1.165) is 54.9 Å². The molecule has 2 aliphatic rings. The number of nitrogens with zero attached hydrogens (tertiary/aromatic N) is 2. The van der Waals surface area contributed by atoms with E-state index in [1.165, 1.54) is 31.0 Å². The van der Waals surface area contributed by atoms with Crippen LogP contribution in [0.2, 0.25) is 0 Å². The first-order valence-corrected chi connectivity index (χ1v) is 13.3. The highest BCUT2D eigenvalue weighted by molar-refractivity contribution is 5.89. The Morgan fingerprint density at radius 2 is 1.92 bits per heavy atom. The zero-order chi connectivity index (χ0) is 27.5. The van der Waals surface area contributed by atoms with E-state index < -0.39 is 35.9 Å². The second kappa shape index (κ2) is 11.6. The number of primary amides is 1. The second-order valence-electron chi connectivity index (χ2n) is 11.0. The molecule has 0 spiro atoms. The van der Waals surface area contributed by atoms with Gasteiger partial charge in [0.25, 0.3) is 0 Å². The first-order valence-electron chi connectivity index (χ1n) is 13.3. The van der Waals surface area contributed by atoms with Crippen molar-refractivity contribution in [3.05, 3.63) is 64.7 Å².